The number of allylic oxidation sites excluding steroid dienone is 15. The van der Waals surface area contributed by atoms with E-state index in [0.717, 1.165) is 109 Å². The van der Waals surface area contributed by atoms with Crippen LogP contribution < -0.4 is 0 Å². The molecule has 0 spiro atoms. The van der Waals surface area contributed by atoms with Crippen molar-refractivity contribution in [2.45, 2.75) is 245 Å². The molecule has 0 rings (SSSR count). The Morgan fingerprint density at radius 1 is 0.338 bits per heavy atom. The van der Waals surface area contributed by atoms with Crippen molar-refractivity contribution in [3.8, 4) is 0 Å². The zero-order valence-corrected chi connectivity index (χ0v) is 42.2. The molecule has 0 fully saturated rings. The van der Waals surface area contributed by atoms with Crippen LogP contribution in [0.1, 0.15) is 239 Å². The number of carbonyl (C=O) groups is 3. The second-order valence-electron chi connectivity index (χ2n) is 17.4. The van der Waals surface area contributed by atoms with Crippen LogP contribution in [0.5, 0.6) is 0 Å². The molecule has 0 bridgehead atoms. The van der Waals surface area contributed by atoms with Gasteiger partial charge in [0.25, 0.3) is 0 Å². The minimum atomic E-state index is -0.828. The van der Waals surface area contributed by atoms with Crippen LogP contribution in [0.4, 0.5) is 0 Å². The number of hydrogen-bond acceptors (Lipinski definition) is 6. The predicted octanol–water partition coefficient (Wildman–Crippen LogP) is 17.8. The molecule has 0 radical (unpaired) electrons. The van der Waals surface area contributed by atoms with E-state index in [-0.39, 0.29) is 31.6 Å². The highest BCUT2D eigenvalue weighted by atomic mass is 16.6. The monoisotopic (exact) mass is 903 g/mol. The normalized spacial score (nSPS) is 12.8. The summed E-state index contributed by atoms with van der Waals surface area (Å²) in [6.45, 7) is 6.39. The molecule has 0 N–H and O–H groups in total. The fourth-order valence-electron chi connectivity index (χ4n) is 7.07. The highest BCUT2D eigenvalue weighted by Gasteiger charge is 2.19. The number of rotatable bonds is 47. The number of ether oxygens (including phenoxy) is 3. The van der Waals surface area contributed by atoms with Crippen LogP contribution >= 0.6 is 0 Å². The van der Waals surface area contributed by atoms with Crippen LogP contribution in [0, 0.1) is 0 Å². The Morgan fingerprint density at radius 3 is 1.11 bits per heavy atom. The molecule has 1 unspecified atom stereocenters. The maximum Gasteiger partial charge on any atom is 0.309 e. The third-order valence-corrected chi connectivity index (χ3v) is 11.1. The van der Waals surface area contributed by atoms with Gasteiger partial charge < -0.3 is 14.2 Å². The Bertz CT molecular complexity index is 1310. The van der Waals surface area contributed by atoms with E-state index in [1.807, 2.05) is 6.08 Å². The number of unbranched alkanes of at least 4 members (excludes halogenated alkanes) is 21. The Balaban J connectivity index is 4.54. The van der Waals surface area contributed by atoms with Gasteiger partial charge in [-0.25, -0.2) is 0 Å². The van der Waals surface area contributed by atoms with Gasteiger partial charge in [-0.15, -0.1) is 0 Å². The van der Waals surface area contributed by atoms with E-state index in [0.29, 0.717) is 12.8 Å². The molecule has 65 heavy (non-hydrogen) atoms. The second kappa shape index (κ2) is 52.9. The van der Waals surface area contributed by atoms with Gasteiger partial charge >= 0.3 is 17.9 Å². The van der Waals surface area contributed by atoms with Crippen molar-refractivity contribution in [3.05, 3.63) is 97.2 Å². The van der Waals surface area contributed by atoms with Crippen molar-refractivity contribution in [2.24, 2.45) is 0 Å². The third-order valence-electron chi connectivity index (χ3n) is 11.1. The Labute approximate surface area is 400 Å². The predicted molar refractivity (Wildman–Crippen MR) is 279 cm³/mol. The fourth-order valence-corrected chi connectivity index (χ4v) is 7.07. The average molecular weight is 903 g/mol. The van der Waals surface area contributed by atoms with E-state index >= 15 is 0 Å². The lowest BCUT2D eigenvalue weighted by molar-refractivity contribution is -0.166. The van der Waals surface area contributed by atoms with Crippen LogP contribution in [0.3, 0.4) is 0 Å². The lowest BCUT2D eigenvalue weighted by Crippen LogP contribution is -2.30. The average Bonchev–Trinajstić information content (AvgIpc) is 3.30. The molecule has 1 atom stereocenters. The molecule has 0 aliphatic rings. The summed E-state index contributed by atoms with van der Waals surface area (Å²) in [5, 5.41) is 0. The van der Waals surface area contributed by atoms with Gasteiger partial charge in [-0.05, 0) is 103 Å². The van der Waals surface area contributed by atoms with Crippen molar-refractivity contribution in [3.63, 3.8) is 0 Å². The van der Waals surface area contributed by atoms with Gasteiger partial charge in [-0.1, -0.05) is 214 Å². The summed E-state index contributed by atoms with van der Waals surface area (Å²) < 4.78 is 16.7. The van der Waals surface area contributed by atoms with E-state index in [9.17, 15) is 14.4 Å². The van der Waals surface area contributed by atoms with E-state index in [1.54, 1.807) is 6.08 Å². The number of esters is 3. The number of hydrogen-bond donors (Lipinski definition) is 0. The molecule has 0 aliphatic heterocycles. The Kier molecular flexibility index (Phi) is 50.0. The lowest BCUT2D eigenvalue weighted by atomic mass is 10.1. The molecule has 0 aromatic carbocycles. The molecule has 0 heterocycles. The molecule has 0 aliphatic carbocycles. The first-order valence-electron chi connectivity index (χ1n) is 26.7. The first kappa shape index (κ1) is 61.3. The maximum atomic E-state index is 12.8. The molecule has 0 amide bonds. The zero-order valence-electron chi connectivity index (χ0n) is 42.2. The number of carbonyl (C=O) groups excluding carboxylic acids is 3. The van der Waals surface area contributed by atoms with Crippen LogP contribution in [0.2, 0.25) is 0 Å². The minimum absolute atomic E-state index is 0.119. The molecule has 0 saturated carbocycles. The SMILES string of the molecule is CC/C=C\C/C=C\C/C=C\C/C=C\C/C=C\CC(=O)OCC(COC(=O)CCCCCCC/C=C\C/C=C\CCCCCC)OC(=O)CCCCCCC/C=C\CCCCCCCCC. The smallest absolute Gasteiger partial charge is 0.309 e. The van der Waals surface area contributed by atoms with E-state index in [2.05, 4.69) is 106 Å². The van der Waals surface area contributed by atoms with Gasteiger partial charge in [0.05, 0.1) is 6.42 Å². The van der Waals surface area contributed by atoms with Crippen molar-refractivity contribution in [1.82, 2.24) is 0 Å². The van der Waals surface area contributed by atoms with Crippen LogP contribution in [0.15, 0.2) is 97.2 Å². The van der Waals surface area contributed by atoms with Crippen molar-refractivity contribution in [2.75, 3.05) is 13.2 Å². The third kappa shape index (κ3) is 51.2. The summed E-state index contributed by atoms with van der Waals surface area (Å²) in [5.74, 6) is -1.07. The van der Waals surface area contributed by atoms with Gasteiger partial charge in [0.1, 0.15) is 13.2 Å². The van der Waals surface area contributed by atoms with Gasteiger partial charge in [0, 0.05) is 12.8 Å². The Morgan fingerprint density at radius 2 is 0.662 bits per heavy atom. The lowest BCUT2D eigenvalue weighted by Gasteiger charge is -2.18. The van der Waals surface area contributed by atoms with Gasteiger partial charge in [0.2, 0.25) is 0 Å². The van der Waals surface area contributed by atoms with Gasteiger partial charge in [0.15, 0.2) is 6.10 Å². The largest absolute Gasteiger partial charge is 0.462 e. The molecular weight excluding hydrogens is 805 g/mol. The highest BCUT2D eigenvalue weighted by Crippen LogP contribution is 2.13. The summed E-state index contributed by atoms with van der Waals surface area (Å²) in [6, 6.07) is 0. The summed E-state index contributed by atoms with van der Waals surface area (Å²) in [4.78, 5) is 38.0. The molecular formula is C59H98O6. The Hall–Kier alpha value is -3.67. The molecule has 0 aromatic heterocycles. The summed E-state index contributed by atoms with van der Waals surface area (Å²) >= 11 is 0. The highest BCUT2D eigenvalue weighted by molar-refractivity contribution is 5.72. The fraction of sp³-hybridized carbons (Fsp3) is 0.678. The molecule has 6 nitrogen and oxygen atoms in total. The summed E-state index contributed by atoms with van der Waals surface area (Å²) in [5.41, 5.74) is 0. The summed E-state index contributed by atoms with van der Waals surface area (Å²) in [7, 11) is 0. The van der Waals surface area contributed by atoms with E-state index in [1.165, 1.54) is 89.9 Å². The van der Waals surface area contributed by atoms with Crippen LogP contribution in [-0.4, -0.2) is 37.2 Å². The molecule has 0 aromatic rings. The van der Waals surface area contributed by atoms with Crippen LogP contribution in [-0.2, 0) is 28.6 Å². The first-order chi connectivity index (χ1) is 32.0. The zero-order chi connectivity index (χ0) is 47.2. The van der Waals surface area contributed by atoms with Crippen molar-refractivity contribution < 1.29 is 28.6 Å². The standard InChI is InChI=1S/C59H98O6/c1-4-7-10-13-16-19-22-25-28-31-34-37-40-43-46-49-52-58(61)64-55-56(54-63-57(60)51-48-45-42-39-36-33-30-27-24-21-18-15-12-9-6-3)65-59(62)53-50-47-44-41-38-35-32-29-26-23-20-17-14-11-8-5-2/h9,12,18-19,21-22,27-32,36,39,45,48,56H,4-8,10-11,13-17,20,23-26,33-35,37-38,40-44,46-47,49-55H2,1-3H3/b12-9-,21-18-,22-19-,30-27-,31-28-,32-29-,39-36-,48-45-. The van der Waals surface area contributed by atoms with E-state index in [4.69, 9.17) is 14.2 Å². The molecule has 370 valence electrons. The van der Waals surface area contributed by atoms with Crippen molar-refractivity contribution in [1.29, 1.82) is 0 Å². The first-order valence-corrected chi connectivity index (χ1v) is 26.7. The molecule has 6 heteroatoms. The second-order valence-corrected chi connectivity index (χ2v) is 17.4. The van der Waals surface area contributed by atoms with Gasteiger partial charge in [-0.3, -0.25) is 14.4 Å². The van der Waals surface area contributed by atoms with Gasteiger partial charge in [-0.2, -0.15) is 0 Å². The quantitative estimate of drug-likeness (QED) is 0.0262. The topological polar surface area (TPSA) is 78.9 Å². The minimum Gasteiger partial charge on any atom is -0.462 e. The van der Waals surface area contributed by atoms with Crippen molar-refractivity contribution >= 4 is 17.9 Å². The summed E-state index contributed by atoms with van der Waals surface area (Å²) in [6.07, 6.45) is 69.8. The maximum absolute atomic E-state index is 12.8. The molecule has 0 saturated heterocycles. The van der Waals surface area contributed by atoms with Crippen LogP contribution in [0.25, 0.3) is 0 Å². The van der Waals surface area contributed by atoms with E-state index < -0.39 is 12.1 Å².